The summed E-state index contributed by atoms with van der Waals surface area (Å²) >= 11 is 1.13. The highest BCUT2D eigenvalue weighted by Gasteiger charge is 2.30. The van der Waals surface area contributed by atoms with Gasteiger partial charge < -0.3 is 10.6 Å². The number of likely N-dealkylation sites (tertiary alicyclic amines) is 1. The van der Waals surface area contributed by atoms with Crippen LogP contribution >= 0.6 is 24.2 Å². The van der Waals surface area contributed by atoms with E-state index >= 15 is 0 Å². The van der Waals surface area contributed by atoms with Crippen LogP contribution in [0.15, 0.2) is 53.4 Å². The van der Waals surface area contributed by atoms with Crippen LogP contribution in [0.25, 0.3) is 0 Å². The highest BCUT2D eigenvalue weighted by molar-refractivity contribution is 8.00. The van der Waals surface area contributed by atoms with Crippen LogP contribution in [0.4, 0.5) is 8.78 Å². The second-order valence-electron chi connectivity index (χ2n) is 6.49. The average molecular weight is 413 g/mol. The van der Waals surface area contributed by atoms with E-state index in [4.69, 9.17) is 5.73 Å². The van der Waals surface area contributed by atoms with Gasteiger partial charge in [0.15, 0.2) is 0 Å². The van der Waals surface area contributed by atoms with Crippen LogP contribution in [0.2, 0.25) is 0 Å². The van der Waals surface area contributed by atoms with Crippen molar-refractivity contribution in [3.63, 3.8) is 0 Å². The predicted octanol–water partition coefficient (Wildman–Crippen LogP) is 4.42. The zero-order chi connectivity index (χ0) is 18.5. The molecule has 1 amide bonds. The Hall–Kier alpha value is -1.63. The lowest BCUT2D eigenvalue weighted by Crippen LogP contribution is -2.41. The van der Waals surface area contributed by atoms with Crippen molar-refractivity contribution in [1.82, 2.24) is 4.90 Å². The lowest BCUT2D eigenvalue weighted by molar-refractivity contribution is -0.132. The van der Waals surface area contributed by atoms with Gasteiger partial charge in [-0.1, -0.05) is 30.3 Å². The molecule has 2 aromatic carbocycles. The topological polar surface area (TPSA) is 46.3 Å². The van der Waals surface area contributed by atoms with Gasteiger partial charge in [-0.25, -0.2) is 8.78 Å². The Morgan fingerprint density at radius 3 is 2.41 bits per heavy atom. The lowest BCUT2D eigenvalue weighted by atomic mass is 9.96. The molecule has 0 aliphatic carbocycles. The summed E-state index contributed by atoms with van der Waals surface area (Å²) in [7, 11) is 0. The van der Waals surface area contributed by atoms with E-state index in [2.05, 4.69) is 0 Å². The molecule has 0 spiro atoms. The molecule has 1 unspecified atom stereocenters. The van der Waals surface area contributed by atoms with Crippen molar-refractivity contribution in [2.75, 3.05) is 19.6 Å². The first-order valence-electron chi connectivity index (χ1n) is 8.74. The summed E-state index contributed by atoms with van der Waals surface area (Å²) in [5.41, 5.74) is 6.54. The van der Waals surface area contributed by atoms with Crippen LogP contribution in [0, 0.1) is 17.6 Å². The minimum Gasteiger partial charge on any atom is -0.341 e. The predicted molar refractivity (Wildman–Crippen MR) is 107 cm³/mol. The molecule has 27 heavy (non-hydrogen) atoms. The molecule has 0 radical (unpaired) electrons. The van der Waals surface area contributed by atoms with E-state index in [1.807, 2.05) is 35.2 Å². The first-order valence-corrected chi connectivity index (χ1v) is 9.62. The number of carbonyl (C=O) groups is 1. The fraction of sp³-hybridized carbons (Fsp3) is 0.350. The molecule has 1 aliphatic rings. The van der Waals surface area contributed by atoms with Crippen molar-refractivity contribution >= 4 is 30.1 Å². The molecule has 2 aromatic rings. The summed E-state index contributed by atoms with van der Waals surface area (Å²) < 4.78 is 27.3. The minimum atomic E-state index is -0.648. The van der Waals surface area contributed by atoms with Gasteiger partial charge in [0, 0.05) is 24.1 Å². The fourth-order valence-electron chi connectivity index (χ4n) is 3.14. The molecule has 0 bridgehead atoms. The Morgan fingerprint density at radius 1 is 1.15 bits per heavy atom. The summed E-state index contributed by atoms with van der Waals surface area (Å²) in [4.78, 5) is 15.3. The summed E-state index contributed by atoms with van der Waals surface area (Å²) in [6.45, 7) is 1.96. The number of hydrogen-bond donors (Lipinski definition) is 1. The summed E-state index contributed by atoms with van der Waals surface area (Å²) in [6, 6.07) is 12.8. The zero-order valence-electron chi connectivity index (χ0n) is 14.8. The van der Waals surface area contributed by atoms with Gasteiger partial charge in [-0.05, 0) is 43.0 Å². The minimum absolute atomic E-state index is 0. The molecule has 1 fully saturated rings. The first kappa shape index (κ1) is 21.7. The van der Waals surface area contributed by atoms with E-state index in [9.17, 15) is 13.6 Å². The average Bonchev–Trinajstić information content (AvgIpc) is 2.68. The lowest BCUT2D eigenvalue weighted by Gasteiger charge is -2.33. The van der Waals surface area contributed by atoms with Crippen LogP contribution in [0.1, 0.15) is 23.7 Å². The smallest absolute Gasteiger partial charge is 0.240 e. The third kappa shape index (κ3) is 5.43. The second kappa shape index (κ2) is 10.1. The van der Waals surface area contributed by atoms with Gasteiger partial charge in [-0.3, -0.25) is 4.79 Å². The van der Waals surface area contributed by atoms with Crippen LogP contribution in [-0.2, 0) is 4.79 Å². The number of benzene rings is 2. The molecule has 7 heteroatoms. The standard InChI is InChI=1S/C20H22F2N2OS.ClH/c21-16-6-7-18(17(22)12-16)26-19(15-4-2-1-3-5-15)20(25)24-10-8-14(13-23)9-11-24;/h1-7,12,14,19H,8-11,13,23H2;1H. The largest absolute Gasteiger partial charge is 0.341 e. The quantitative estimate of drug-likeness (QED) is 0.739. The molecule has 1 aliphatic heterocycles. The molecule has 1 atom stereocenters. The van der Waals surface area contributed by atoms with Crippen molar-refractivity contribution < 1.29 is 13.6 Å². The number of nitrogens with zero attached hydrogens (tertiary/aromatic N) is 1. The van der Waals surface area contributed by atoms with E-state index in [-0.39, 0.29) is 23.2 Å². The molecule has 146 valence electrons. The normalized spacial score (nSPS) is 15.9. The van der Waals surface area contributed by atoms with Gasteiger partial charge in [0.2, 0.25) is 5.91 Å². The number of carbonyl (C=O) groups excluding carboxylic acids is 1. The summed E-state index contributed by atoms with van der Waals surface area (Å²) in [5, 5.41) is -0.564. The van der Waals surface area contributed by atoms with Crippen molar-refractivity contribution in [2.24, 2.45) is 11.7 Å². The van der Waals surface area contributed by atoms with Gasteiger partial charge in [0.05, 0.1) is 0 Å². The molecule has 0 aromatic heterocycles. The van der Waals surface area contributed by atoms with Gasteiger partial charge in [-0.2, -0.15) is 0 Å². The third-order valence-electron chi connectivity index (χ3n) is 4.72. The van der Waals surface area contributed by atoms with Crippen molar-refractivity contribution in [2.45, 2.75) is 23.0 Å². The molecular weight excluding hydrogens is 390 g/mol. The Labute approximate surface area is 168 Å². The molecule has 0 saturated carbocycles. The fourth-order valence-corrected chi connectivity index (χ4v) is 4.26. The first-order chi connectivity index (χ1) is 12.6. The summed E-state index contributed by atoms with van der Waals surface area (Å²) in [5.74, 6) is -0.860. The number of halogens is 3. The monoisotopic (exact) mass is 412 g/mol. The van der Waals surface area contributed by atoms with Crippen LogP contribution in [0.5, 0.6) is 0 Å². The molecule has 3 rings (SSSR count). The van der Waals surface area contributed by atoms with Crippen LogP contribution in [0.3, 0.4) is 0 Å². The Bertz CT molecular complexity index is 755. The molecule has 1 heterocycles. The Balaban J connectivity index is 0.00000261. The molecule has 1 saturated heterocycles. The van der Waals surface area contributed by atoms with Crippen LogP contribution in [-0.4, -0.2) is 30.4 Å². The number of amides is 1. The zero-order valence-corrected chi connectivity index (χ0v) is 16.4. The van der Waals surface area contributed by atoms with E-state index in [1.165, 1.54) is 12.1 Å². The Kier molecular flexibility index (Phi) is 8.07. The third-order valence-corrected chi connectivity index (χ3v) is 6.02. The molecule has 2 N–H and O–H groups in total. The highest BCUT2D eigenvalue weighted by atomic mass is 35.5. The van der Waals surface area contributed by atoms with E-state index in [0.29, 0.717) is 25.6 Å². The maximum atomic E-state index is 14.1. The van der Waals surface area contributed by atoms with Gasteiger partial charge in [0.1, 0.15) is 16.9 Å². The van der Waals surface area contributed by atoms with E-state index in [0.717, 1.165) is 36.2 Å². The number of nitrogens with two attached hydrogens (primary N) is 1. The van der Waals surface area contributed by atoms with Gasteiger partial charge >= 0.3 is 0 Å². The number of hydrogen-bond acceptors (Lipinski definition) is 3. The molecular formula is C20H23ClF2N2OS. The van der Waals surface area contributed by atoms with Crippen molar-refractivity contribution in [1.29, 1.82) is 0 Å². The van der Waals surface area contributed by atoms with Crippen molar-refractivity contribution in [3.8, 4) is 0 Å². The second-order valence-corrected chi connectivity index (χ2v) is 7.63. The van der Waals surface area contributed by atoms with E-state index < -0.39 is 16.9 Å². The van der Waals surface area contributed by atoms with E-state index in [1.54, 1.807) is 0 Å². The van der Waals surface area contributed by atoms with Crippen molar-refractivity contribution in [3.05, 3.63) is 65.7 Å². The maximum Gasteiger partial charge on any atom is 0.240 e. The summed E-state index contributed by atoms with van der Waals surface area (Å²) in [6.07, 6.45) is 1.78. The number of piperidine rings is 1. The Morgan fingerprint density at radius 2 is 1.81 bits per heavy atom. The van der Waals surface area contributed by atoms with Gasteiger partial charge in [0.25, 0.3) is 0 Å². The number of rotatable bonds is 5. The maximum absolute atomic E-state index is 14.1. The molecule has 3 nitrogen and oxygen atoms in total. The highest BCUT2D eigenvalue weighted by Crippen LogP contribution is 2.38. The number of thioether (sulfide) groups is 1. The van der Waals surface area contributed by atoms with Crippen LogP contribution < -0.4 is 5.73 Å². The van der Waals surface area contributed by atoms with Gasteiger partial charge in [-0.15, -0.1) is 24.2 Å². The SMILES string of the molecule is Cl.NCC1CCN(C(=O)C(Sc2ccc(F)cc2F)c2ccccc2)CC1.